The van der Waals surface area contributed by atoms with Gasteiger partial charge in [0.1, 0.15) is 0 Å². The summed E-state index contributed by atoms with van der Waals surface area (Å²) in [7, 11) is 0. The Hall–Kier alpha value is -0.610. The molecule has 0 aromatic carbocycles. The number of carbonyl (C=O) groups is 1. The summed E-state index contributed by atoms with van der Waals surface area (Å²) < 4.78 is 5.95. The van der Waals surface area contributed by atoms with Crippen LogP contribution in [0, 0.1) is 28.1 Å². The van der Waals surface area contributed by atoms with Crippen LogP contribution in [0.2, 0.25) is 0 Å². The molecule has 0 radical (unpaired) electrons. The van der Waals surface area contributed by atoms with Crippen molar-refractivity contribution >= 4 is 5.97 Å². The molecule has 0 aromatic heterocycles. The van der Waals surface area contributed by atoms with E-state index >= 15 is 0 Å². The molecule has 4 nitrogen and oxygen atoms in total. The van der Waals surface area contributed by atoms with E-state index in [0.717, 1.165) is 51.4 Å². The molecule has 30 heavy (non-hydrogen) atoms. The van der Waals surface area contributed by atoms with Crippen molar-refractivity contribution in [1.29, 1.82) is 0 Å². The lowest BCUT2D eigenvalue weighted by Gasteiger charge is -2.65. The first-order valence-corrected chi connectivity index (χ1v) is 12.8. The number of unbranched alkanes of at least 4 members (excludes halogenated alkanes) is 4. The van der Waals surface area contributed by atoms with Crippen LogP contribution in [-0.4, -0.2) is 36.0 Å². The van der Waals surface area contributed by atoms with Crippen molar-refractivity contribution in [3.63, 3.8) is 0 Å². The summed E-state index contributed by atoms with van der Waals surface area (Å²) in [6.07, 6.45) is 16.3. The Morgan fingerprint density at radius 2 is 1.37 bits per heavy atom. The highest BCUT2D eigenvalue weighted by atomic mass is 16.5. The molecule has 174 valence electrons. The minimum atomic E-state index is -0.0581. The molecule has 2 N–H and O–H groups in total. The van der Waals surface area contributed by atoms with E-state index in [2.05, 4.69) is 13.8 Å². The summed E-state index contributed by atoms with van der Waals surface area (Å²) >= 11 is 0. The molecule has 2 unspecified atom stereocenters. The number of rotatable bonds is 14. The van der Waals surface area contributed by atoms with Gasteiger partial charge in [-0.15, -0.1) is 0 Å². The highest BCUT2D eigenvalue weighted by Crippen LogP contribution is 2.69. The van der Waals surface area contributed by atoms with E-state index in [1.807, 2.05) is 0 Å². The Bertz CT molecular complexity index is 529. The quantitative estimate of drug-likeness (QED) is 0.281. The fraction of sp³-hybridized carbons (Fsp3) is 0.962. The van der Waals surface area contributed by atoms with E-state index in [4.69, 9.17) is 4.74 Å². The van der Waals surface area contributed by atoms with Crippen LogP contribution in [0.25, 0.3) is 0 Å². The number of carbonyl (C=O) groups excluding carboxylic acids is 1. The van der Waals surface area contributed by atoms with Crippen molar-refractivity contribution in [2.24, 2.45) is 28.1 Å². The van der Waals surface area contributed by atoms with E-state index in [1.54, 1.807) is 0 Å². The molecule has 4 saturated carbocycles. The predicted molar refractivity (Wildman–Crippen MR) is 120 cm³/mol. The Kier molecular flexibility index (Phi) is 8.28. The zero-order chi connectivity index (χ0) is 21.7. The minimum Gasteiger partial charge on any atom is -0.465 e. The van der Waals surface area contributed by atoms with Gasteiger partial charge >= 0.3 is 5.97 Å². The molecule has 0 aliphatic heterocycles. The second-order valence-corrected chi connectivity index (χ2v) is 11.5. The second kappa shape index (κ2) is 10.3. The van der Waals surface area contributed by atoms with Gasteiger partial charge in [0.25, 0.3) is 0 Å². The van der Waals surface area contributed by atoms with Crippen LogP contribution in [0.3, 0.4) is 0 Å². The van der Waals surface area contributed by atoms with Gasteiger partial charge in [-0.05, 0) is 74.0 Å². The summed E-state index contributed by atoms with van der Waals surface area (Å²) in [4.78, 5) is 12.8. The Balaban J connectivity index is 1.56. The van der Waals surface area contributed by atoms with Gasteiger partial charge in [0.2, 0.25) is 0 Å². The number of ether oxygens (including phenoxy) is 1. The SMILES string of the molecule is CCCCCC(CCCCC)CC(=O)OCC12CC3CC(CO)(CC(CO)(C3)C1)C2. The normalized spacial score (nSPS) is 34.6. The molecular formula is C26H46O4. The maximum Gasteiger partial charge on any atom is 0.306 e. The predicted octanol–water partition coefficient (Wildman–Crippen LogP) is 5.64. The molecule has 0 amide bonds. The Labute approximate surface area is 184 Å². The standard InChI is InChI=1S/C26H46O4/c1-3-5-7-9-21(10-8-6-4-2)11-23(29)30-20-26-14-22-12-24(16-26,18-27)15-25(13-22,17-26)19-28/h21-22,27-28H,3-20H2,1-2H3. The maximum atomic E-state index is 12.8. The van der Waals surface area contributed by atoms with E-state index in [1.165, 1.54) is 38.5 Å². The van der Waals surface area contributed by atoms with E-state index in [-0.39, 0.29) is 35.4 Å². The zero-order valence-electron chi connectivity index (χ0n) is 19.6. The highest BCUT2D eigenvalue weighted by Gasteiger charge is 2.63. The maximum absolute atomic E-state index is 12.8. The van der Waals surface area contributed by atoms with Gasteiger partial charge in [0, 0.05) is 25.0 Å². The molecule has 0 saturated heterocycles. The van der Waals surface area contributed by atoms with Crippen LogP contribution in [0.5, 0.6) is 0 Å². The van der Waals surface area contributed by atoms with Crippen molar-refractivity contribution in [2.45, 2.75) is 110 Å². The van der Waals surface area contributed by atoms with E-state index in [0.29, 0.717) is 24.9 Å². The average Bonchev–Trinajstić information content (AvgIpc) is 2.72. The lowest BCUT2D eigenvalue weighted by atomic mass is 9.40. The third-order valence-corrected chi connectivity index (χ3v) is 8.51. The smallest absolute Gasteiger partial charge is 0.306 e. The summed E-state index contributed by atoms with van der Waals surface area (Å²) in [6.45, 7) is 5.35. The summed E-state index contributed by atoms with van der Waals surface area (Å²) in [5.74, 6) is 0.995. The fourth-order valence-electron chi connectivity index (χ4n) is 7.82. The first kappa shape index (κ1) is 24.0. The van der Waals surface area contributed by atoms with Crippen molar-refractivity contribution in [1.82, 2.24) is 0 Å². The molecule has 4 heteroatoms. The molecule has 0 aromatic rings. The van der Waals surface area contributed by atoms with Crippen LogP contribution in [0.1, 0.15) is 110 Å². The molecule has 0 spiro atoms. The van der Waals surface area contributed by atoms with Crippen molar-refractivity contribution in [3.05, 3.63) is 0 Å². The monoisotopic (exact) mass is 422 g/mol. The third kappa shape index (κ3) is 5.59. The summed E-state index contributed by atoms with van der Waals surface area (Å²) in [5, 5.41) is 20.3. The van der Waals surface area contributed by atoms with Gasteiger partial charge in [0.15, 0.2) is 0 Å². The van der Waals surface area contributed by atoms with Crippen molar-refractivity contribution < 1.29 is 19.7 Å². The summed E-state index contributed by atoms with van der Waals surface area (Å²) in [6, 6.07) is 0. The average molecular weight is 423 g/mol. The molecule has 2 atom stereocenters. The van der Waals surface area contributed by atoms with Crippen LogP contribution < -0.4 is 0 Å². The molecular weight excluding hydrogens is 376 g/mol. The largest absolute Gasteiger partial charge is 0.465 e. The van der Waals surface area contributed by atoms with E-state index < -0.39 is 0 Å². The fourth-order valence-corrected chi connectivity index (χ4v) is 7.82. The van der Waals surface area contributed by atoms with Gasteiger partial charge < -0.3 is 14.9 Å². The van der Waals surface area contributed by atoms with Crippen LogP contribution in [0.15, 0.2) is 0 Å². The molecule has 4 aliphatic carbocycles. The zero-order valence-corrected chi connectivity index (χ0v) is 19.6. The highest BCUT2D eigenvalue weighted by molar-refractivity contribution is 5.69. The lowest BCUT2D eigenvalue weighted by Crippen LogP contribution is -2.60. The molecule has 4 aliphatic rings. The van der Waals surface area contributed by atoms with Crippen LogP contribution in [0.4, 0.5) is 0 Å². The van der Waals surface area contributed by atoms with Crippen molar-refractivity contribution in [2.75, 3.05) is 19.8 Å². The first-order valence-electron chi connectivity index (χ1n) is 12.8. The first-order chi connectivity index (χ1) is 14.4. The van der Waals surface area contributed by atoms with E-state index in [9.17, 15) is 15.0 Å². The second-order valence-electron chi connectivity index (χ2n) is 11.5. The number of esters is 1. The third-order valence-electron chi connectivity index (χ3n) is 8.51. The van der Waals surface area contributed by atoms with Crippen LogP contribution in [-0.2, 0) is 9.53 Å². The minimum absolute atomic E-state index is 0.0273. The number of hydrogen-bond acceptors (Lipinski definition) is 4. The summed E-state index contributed by atoms with van der Waals surface area (Å²) in [5.41, 5.74) is -0.144. The van der Waals surface area contributed by atoms with Crippen molar-refractivity contribution in [3.8, 4) is 0 Å². The molecule has 4 rings (SSSR count). The van der Waals surface area contributed by atoms with Gasteiger partial charge in [-0.3, -0.25) is 4.79 Å². The molecule has 4 fully saturated rings. The molecule has 0 heterocycles. The Morgan fingerprint density at radius 3 is 1.87 bits per heavy atom. The number of aliphatic hydroxyl groups is 2. The lowest BCUT2D eigenvalue weighted by molar-refractivity contribution is -0.203. The molecule has 4 bridgehead atoms. The van der Waals surface area contributed by atoms with Gasteiger partial charge in [-0.1, -0.05) is 52.4 Å². The van der Waals surface area contributed by atoms with Gasteiger partial charge in [0.05, 0.1) is 6.61 Å². The topological polar surface area (TPSA) is 66.8 Å². The van der Waals surface area contributed by atoms with Crippen LogP contribution >= 0.6 is 0 Å². The Morgan fingerprint density at radius 1 is 0.867 bits per heavy atom. The number of hydrogen-bond donors (Lipinski definition) is 2. The van der Waals surface area contributed by atoms with Gasteiger partial charge in [-0.25, -0.2) is 0 Å². The van der Waals surface area contributed by atoms with Gasteiger partial charge in [-0.2, -0.15) is 0 Å². The number of aliphatic hydroxyl groups excluding tert-OH is 2.